The van der Waals surface area contributed by atoms with Gasteiger partial charge in [-0.15, -0.1) is 0 Å². The molecule has 1 unspecified atom stereocenters. The summed E-state index contributed by atoms with van der Waals surface area (Å²) >= 11 is 0. The summed E-state index contributed by atoms with van der Waals surface area (Å²) in [7, 11) is 0. The average Bonchev–Trinajstić information content (AvgIpc) is 3.20. The number of benzene rings is 1. The highest BCUT2D eigenvalue weighted by atomic mass is 16.5. The third kappa shape index (κ3) is 3.59. The molecule has 2 heterocycles. The zero-order valence-corrected chi connectivity index (χ0v) is 13.2. The largest absolute Gasteiger partial charge is 0.376 e. The van der Waals surface area contributed by atoms with Crippen molar-refractivity contribution in [1.82, 2.24) is 15.1 Å². The number of nitrogens with zero attached hydrogens (tertiary/aromatic N) is 2. The van der Waals surface area contributed by atoms with Crippen LogP contribution in [-0.2, 0) is 9.53 Å². The fourth-order valence-corrected chi connectivity index (χ4v) is 2.84. The Labute approximate surface area is 134 Å². The standard InChI is InChI=1S/C17H21N3O3/c1-12-4-2-6-15-14(12)11-19-20(15)17(22)8-7-16(21)18-10-13-5-3-9-23-13/h2,4,6,11,13H,3,5,7-10H2,1H3,(H,18,21). The summed E-state index contributed by atoms with van der Waals surface area (Å²) in [5.74, 6) is -0.292. The molecule has 1 aliphatic rings. The third-order valence-corrected chi connectivity index (χ3v) is 4.18. The minimum absolute atomic E-state index is 0.118. The number of ether oxygens (including phenoxy) is 1. The van der Waals surface area contributed by atoms with Crippen molar-refractivity contribution >= 4 is 22.7 Å². The summed E-state index contributed by atoms with van der Waals surface area (Å²) in [6, 6.07) is 5.75. The van der Waals surface area contributed by atoms with E-state index in [0.717, 1.165) is 35.9 Å². The zero-order chi connectivity index (χ0) is 16.2. The zero-order valence-electron chi connectivity index (χ0n) is 13.2. The van der Waals surface area contributed by atoms with Gasteiger partial charge in [-0.05, 0) is 31.4 Å². The molecule has 1 saturated heterocycles. The Kier molecular flexibility index (Phi) is 4.71. The molecule has 1 aliphatic heterocycles. The predicted octanol–water partition coefficient (Wildman–Crippen LogP) is 2.06. The molecule has 6 nitrogen and oxygen atoms in total. The van der Waals surface area contributed by atoms with Gasteiger partial charge in [-0.2, -0.15) is 5.10 Å². The number of hydrogen-bond donors (Lipinski definition) is 1. The van der Waals surface area contributed by atoms with Gasteiger partial charge in [0, 0.05) is 31.4 Å². The first-order valence-electron chi connectivity index (χ1n) is 8.00. The Balaban J connectivity index is 1.54. The van der Waals surface area contributed by atoms with Gasteiger partial charge in [0.15, 0.2) is 0 Å². The monoisotopic (exact) mass is 315 g/mol. The summed E-state index contributed by atoms with van der Waals surface area (Å²) in [5, 5.41) is 7.95. The molecule has 0 bridgehead atoms. The number of aromatic nitrogens is 2. The number of carbonyl (C=O) groups is 2. The lowest BCUT2D eigenvalue weighted by Gasteiger charge is -2.10. The van der Waals surface area contributed by atoms with E-state index in [4.69, 9.17) is 4.74 Å². The maximum Gasteiger partial charge on any atom is 0.247 e. The molecular formula is C17H21N3O3. The summed E-state index contributed by atoms with van der Waals surface area (Å²) in [6.45, 7) is 3.28. The molecule has 0 radical (unpaired) electrons. The number of fused-ring (bicyclic) bond motifs is 1. The number of hydrogen-bond acceptors (Lipinski definition) is 4. The van der Waals surface area contributed by atoms with Crippen molar-refractivity contribution in [1.29, 1.82) is 0 Å². The second-order valence-corrected chi connectivity index (χ2v) is 5.90. The molecule has 122 valence electrons. The van der Waals surface area contributed by atoms with Gasteiger partial charge in [0.25, 0.3) is 0 Å². The van der Waals surface area contributed by atoms with E-state index in [9.17, 15) is 9.59 Å². The van der Waals surface area contributed by atoms with E-state index in [-0.39, 0.29) is 30.8 Å². The Morgan fingerprint density at radius 3 is 3.04 bits per heavy atom. The van der Waals surface area contributed by atoms with Crippen LogP contribution < -0.4 is 5.32 Å². The summed E-state index contributed by atoms with van der Waals surface area (Å²) in [5.41, 5.74) is 1.87. The van der Waals surface area contributed by atoms with Crippen LogP contribution in [0.4, 0.5) is 0 Å². The Morgan fingerprint density at radius 1 is 1.39 bits per heavy atom. The van der Waals surface area contributed by atoms with Crippen molar-refractivity contribution in [3.63, 3.8) is 0 Å². The van der Waals surface area contributed by atoms with Gasteiger partial charge >= 0.3 is 0 Å². The minimum Gasteiger partial charge on any atom is -0.376 e. The number of aryl methyl sites for hydroxylation is 1. The van der Waals surface area contributed by atoms with Crippen molar-refractivity contribution in [2.75, 3.05) is 13.2 Å². The summed E-state index contributed by atoms with van der Waals surface area (Å²) in [6.07, 6.45) is 4.15. The maximum absolute atomic E-state index is 12.3. The fraction of sp³-hybridized carbons (Fsp3) is 0.471. The molecule has 1 aromatic carbocycles. The minimum atomic E-state index is -0.169. The molecule has 1 N–H and O–H groups in total. The lowest BCUT2D eigenvalue weighted by molar-refractivity contribution is -0.121. The van der Waals surface area contributed by atoms with E-state index in [1.165, 1.54) is 4.68 Å². The van der Waals surface area contributed by atoms with E-state index < -0.39 is 0 Å². The van der Waals surface area contributed by atoms with Crippen LogP contribution in [-0.4, -0.2) is 40.9 Å². The molecule has 1 atom stereocenters. The molecule has 0 aliphatic carbocycles. The van der Waals surface area contributed by atoms with Gasteiger partial charge in [0.05, 0.1) is 17.8 Å². The summed E-state index contributed by atoms with van der Waals surface area (Å²) < 4.78 is 6.84. The second kappa shape index (κ2) is 6.91. The van der Waals surface area contributed by atoms with Gasteiger partial charge in [0.2, 0.25) is 11.8 Å². The van der Waals surface area contributed by atoms with Crippen LogP contribution in [0.5, 0.6) is 0 Å². The van der Waals surface area contributed by atoms with Crippen molar-refractivity contribution in [2.24, 2.45) is 0 Å². The first kappa shape index (κ1) is 15.7. The molecule has 0 saturated carbocycles. The highest BCUT2D eigenvalue weighted by molar-refractivity contribution is 5.93. The highest BCUT2D eigenvalue weighted by Crippen LogP contribution is 2.18. The van der Waals surface area contributed by atoms with Gasteiger partial charge in [-0.25, -0.2) is 4.68 Å². The van der Waals surface area contributed by atoms with Gasteiger partial charge in [-0.1, -0.05) is 12.1 Å². The smallest absolute Gasteiger partial charge is 0.247 e. The highest BCUT2D eigenvalue weighted by Gasteiger charge is 2.17. The number of rotatable bonds is 5. The van der Waals surface area contributed by atoms with E-state index in [1.54, 1.807) is 6.20 Å². The Hall–Kier alpha value is -2.21. The topological polar surface area (TPSA) is 73.2 Å². The van der Waals surface area contributed by atoms with E-state index >= 15 is 0 Å². The van der Waals surface area contributed by atoms with Crippen LogP contribution in [0.3, 0.4) is 0 Å². The molecule has 1 amide bonds. The quantitative estimate of drug-likeness (QED) is 0.916. The molecule has 0 spiro atoms. The van der Waals surface area contributed by atoms with Crippen LogP contribution in [0.1, 0.15) is 36.0 Å². The first-order chi connectivity index (χ1) is 11.1. The first-order valence-corrected chi connectivity index (χ1v) is 8.00. The van der Waals surface area contributed by atoms with E-state index in [1.807, 2.05) is 25.1 Å². The van der Waals surface area contributed by atoms with Crippen molar-refractivity contribution in [3.05, 3.63) is 30.0 Å². The number of amides is 1. The third-order valence-electron chi connectivity index (χ3n) is 4.18. The fourth-order valence-electron chi connectivity index (χ4n) is 2.84. The average molecular weight is 315 g/mol. The summed E-state index contributed by atoms with van der Waals surface area (Å²) in [4.78, 5) is 24.1. The van der Waals surface area contributed by atoms with E-state index in [2.05, 4.69) is 10.4 Å². The molecule has 6 heteroatoms. The van der Waals surface area contributed by atoms with Gasteiger partial charge < -0.3 is 10.1 Å². The molecule has 1 aromatic heterocycles. The van der Waals surface area contributed by atoms with Crippen LogP contribution >= 0.6 is 0 Å². The van der Waals surface area contributed by atoms with Crippen LogP contribution in [0.2, 0.25) is 0 Å². The van der Waals surface area contributed by atoms with Crippen molar-refractivity contribution in [2.45, 2.75) is 38.7 Å². The lowest BCUT2D eigenvalue weighted by atomic mass is 10.1. The predicted molar refractivity (Wildman–Crippen MR) is 86.3 cm³/mol. The van der Waals surface area contributed by atoms with Crippen LogP contribution in [0, 0.1) is 6.92 Å². The van der Waals surface area contributed by atoms with Gasteiger partial charge in [0.1, 0.15) is 0 Å². The van der Waals surface area contributed by atoms with Gasteiger partial charge in [-0.3, -0.25) is 9.59 Å². The molecular weight excluding hydrogens is 294 g/mol. The van der Waals surface area contributed by atoms with Crippen molar-refractivity contribution in [3.8, 4) is 0 Å². The number of nitrogens with one attached hydrogen (secondary N) is 1. The SMILES string of the molecule is Cc1cccc2c1cnn2C(=O)CCC(=O)NCC1CCCO1. The molecule has 3 rings (SSSR count). The molecule has 2 aromatic rings. The Morgan fingerprint density at radius 2 is 2.26 bits per heavy atom. The molecule has 1 fully saturated rings. The van der Waals surface area contributed by atoms with Crippen LogP contribution in [0.15, 0.2) is 24.4 Å². The lowest BCUT2D eigenvalue weighted by Crippen LogP contribution is -2.32. The van der Waals surface area contributed by atoms with Crippen molar-refractivity contribution < 1.29 is 14.3 Å². The van der Waals surface area contributed by atoms with Crippen LogP contribution in [0.25, 0.3) is 10.9 Å². The second-order valence-electron chi connectivity index (χ2n) is 5.90. The van der Waals surface area contributed by atoms with E-state index in [0.29, 0.717) is 6.54 Å². The Bertz CT molecular complexity index is 717. The molecule has 23 heavy (non-hydrogen) atoms. The maximum atomic E-state index is 12.3. The normalized spacial score (nSPS) is 17.5. The number of carbonyl (C=O) groups excluding carboxylic acids is 2.